The molecule has 8 nitrogen and oxygen atoms in total. The summed E-state index contributed by atoms with van der Waals surface area (Å²) >= 11 is 0. The Morgan fingerprint density at radius 3 is 2.25 bits per heavy atom. The Morgan fingerprint density at radius 1 is 1.11 bits per heavy atom. The van der Waals surface area contributed by atoms with Crippen LogP contribution in [0.3, 0.4) is 0 Å². The molecule has 36 heavy (non-hydrogen) atoms. The van der Waals surface area contributed by atoms with Crippen LogP contribution in [-0.2, 0) is 16.0 Å². The minimum atomic E-state index is -5.03. The molecule has 3 aromatic rings. The molecule has 0 saturated heterocycles. The minimum absolute atomic E-state index is 0.00142. The zero-order valence-electron chi connectivity index (χ0n) is 19.2. The Bertz CT molecular complexity index is 1430. The zero-order chi connectivity index (χ0) is 27.1. The van der Waals surface area contributed by atoms with Crippen LogP contribution in [0.2, 0.25) is 0 Å². The molecule has 0 radical (unpaired) electrons. The molecule has 0 fully saturated rings. The molecule has 194 valence electrons. The molecule has 2 aromatic carbocycles. The van der Waals surface area contributed by atoms with Crippen LogP contribution in [0.5, 0.6) is 5.75 Å². The lowest BCUT2D eigenvalue weighted by atomic mass is 10.0. The van der Waals surface area contributed by atoms with Crippen molar-refractivity contribution in [1.29, 1.82) is 0 Å². The van der Waals surface area contributed by atoms with Gasteiger partial charge in [-0.1, -0.05) is 12.1 Å². The summed E-state index contributed by atoms with van der Waals surface area (Å²) in [4.78, 5) is 13.3. The van der Waals surface area contributed by atoms with E-state index < -0.39 is 62.7 Å². The van der Waals surface area contributed by atoms with Crippen molar-refractivity contribution >= 4 is 9.84 Å². The number of alkyl halides is 3. The van der Waals surface area contributed by atoms with Crippen LogP contribution in [0.15, 0.2) is 58.4 Å². The second-order valence-electron chi connectivity index (χ2n) is 8.54. The van der Waals surface area contributed by atoms with Crippen molar-refractivity contribution in [3.05, 3.63) is 70.4 Å². The molecule has 0 aliphatic heterocycles. The summed E-state index contributed by atoms with van der Waals surface area (Å²) in [5.41, 5.74) is -4.33. The summed E-state index contributed by atoms with van der Waals surface area (Å²) in [6.07, 6.45) is -4.38. The summed E-state index contributed by atoms with van der Waals surface area (Å²) in [6.45, 7) is 2.02. The van der Waals surface area contributed by atoms with Gasteiger partial charge in [-0.25, -0.2) is 12.8 Å². The van der Waals surface area contributed by atoms with E-state index in [1.807, 2.05) is 0 Å². The highest BCUT2D eigenvalue weighted by Crippen LogP contribution is 2.33. The summed E-state index contributed by atoms with van der Waals surface area (Å²) < 4.78 is 82.8. The van der Waals surface area contributed by atoms with Crippen LogP contribution in [-0.4, -0.2) is 53.0 Å². The van der Waals surface area contributed by atoms with E-state index in [-0.39, 0.29) is 16.0 Å². The summed E-state index contributed by atoms with van der Waals surface area (Å²) in [5, 5.41) is 24.0. The van der Waals surface area contributed by atoms with Gasteiger partial charge in [0.25, 0.3) is 0 Å². The molecule has 13 heteroatoms. The number of aliphatic hydroxyl groups excluding tert-OH is 1. The van der Waals surface area contributed by atoms with Crippen LogP contribution in [0.4, 0.5) is 17.6 Å². The molecular formula is C23H22F4N2O6S. The third kappa shape index (κ3) is 5.91. The van der Waals surface area contributed by atoms with E-state index in [2.05, 4.69) is 5.10 Å². The molecule has 2 N–H and O–H groups in total. The number of aliphatic hydroxyl groups is 2. The average Bonchev–Trinajstić information content (AvgIpc) is 2.76. The Kier molecular flexibility index (Phi) is 7.31. The molecule has 0 saturated carbocycles. The van der Waals surface area contributed by atoms with Crippen molar-refractivity contribution in [1.82, 2.24) is 9.78 Å². The monoisotopic (exact) mass is 530 g/mol. The predicted molar refractivity (Wildman–Crippen MR) is 121 cm³/mol. The molecule has 3 rings (SSSR count). The molecule has 1 atom stereocenters. The van der Waals surface area contributed by atoms with Gasteiger partial charge in [0.2, 0.25) is 0 Å². The highest BCUT2D eigenvalue weighted by atomic mass is 32.2. The molecule has 0 unspecified atom stereocenters. The van der Waals surface area contributed by atoms with Crippen molar-refractivity contribution in [3.8, 4) is 22.6 Å². The number of nitrogens with zero attached hydrogens (tertiary/aromatic N) is 2. The summed E-state index contributed by atoms with van der Waals surface area (Å²) in [6, 6.07) is 7.19. The smallest absolute Gasteiger partial charge is 0.419 e. The van der Waals surface area contributed by atoms with E-state index >= 15 is 0 Å². The van der Waals surface area contributed by atoms with Gasteiger partial charge < -0.3 is 14.9 Å². The SMILES string of the molecule is CC(C)(O)[C@@H](O)COc1c(-c2ccc(S(C)(=O)=O)cc2)cnn(-c2ccc(F)c(C(F)(F)F)c2)c1=O. The Labute approximate surface area is 203 Å². The third-order valence-electron chi connectivity index (χ3n) is 5.23. The topological polar surface area (TPSA) is 119 Å². The lowest BCUT2D eigenvalue weighted by molar-refractivity contribution is -0.140. The Morgan fingerprint density at radius 2 is 1.72 bits per heavy atom. The van der Waals surface area contributed by atoms with E-state index in [9.17, 15) is 41.0 Å². The molecule has 0 aliphatic rings. The molecule has 0 amide bonds. The van der Waals surface area contributed by atoms with Gasteiger partial charge in [-0.2, -0.15) is 23.0 Å². The van der Waals surface area contributed by atoms with Crippen molar-refractivity contribution in [2.45, 2.75) is 36.6 Å². The van der Waals surface area contributed by atoms with Gasteiger partial charge in [-0.05, 0) is 49.7 Å². The average molecular weight is 530 g/mol. The van der Waals surface area contributed by atoms with Crippen molar-refractivity contribution in [2.24, 2.45) is 0 Å². The van der Waals surface area contributed by atoms with E-state index in [0.29, 0.717) is 16.8 Å². The number of sulfone groups is 1. The van der Waals surface area contributed by atoms with E-state index in [1.54, 1.807) is 0 Å². The highest BCUT2D eigenvalue weighted by Gasteiger charge is 2.34. The van der Waals surface area contributed by atoms with Gasteiger partial charge in [0.15, 0.2) is 15.6 Å². The van der Waals surface area contributed by atoms with Gasteiger partial charge in [0.05, 0.1) is 27.9 Å². The number of rotatable bonds is 7. The van der Waals surface area contributed by atoms with Crippen molar-refractivity contribution in [3.63, 3.8) is 0 Å². The zero-order valence-corrected chi connectivity index (χ0v) is 20.1. The predicted octanol–water partition coefficient (Wildman–Crippen LogP) is 2.97. The molecule has 0 spiro atoms. The number of aromatic nitrogens is 2. The third-order valence-corrected chi connectivity index (χ3v) is 6.36. The molecule has 1 heterocycles. The number of ether oxygens (including phenoxy) is 1. The molecular weight excluding hydrogens is 508 g/mol. The second-order valence-corrected chi connectivity index (χ2v) is 10.6. The van der Waals surface area contributed by atoms with Gasteiger partial charge in [-0.3, -0.25) is 4.79 Å². The summed E-state index contributed by atoms with van der Waals surface area (Å²) in [7, 11) is -3.52. The van der Waals surface area contributed by atoms with Crippen LogP contribution in [0.1, 0.15) is 19.4 Å². The summed E-state index contributed by atoms with van der Waals surface area (Å²) in [5.74, 6) is -1.98. The fraction of sp³-hybridized carbons (Fsp3) is 0.304. The van der Waals surface area contributed by atoms with Gasteiger partial charge in [0.1, 0.15) is 18.5 Å². The standard InChI is InChI=1S/C23H22F4N2O6S/c1-22(2,32)19(30)12-35-20-16(13-4-7-15(8-5-13)36(3,33)34)11-28-29(21(20)31)14-6-9-18(24)17(10-14)23(25,26)27/h4-11,19,30,32H,12H2,1-3H3/t19-/m0/s1. The molecule has 1 aromatic heterocycles. The number of hydrogen-bond acceptors (Lipinski definition) is 7. The minimum Gasteiger partial charge on any atom is -0.484 e. The van der Waals surface area contributed by atoms with Crippen LogP contribution in [0.25, 0.3) is 16.8 Å². The molecule has 0 bridgehead atoms. The van der Waals surface area contributed by atoms with Crippen LogP contribution in [0, 0.1) is 5.82 Å². The first-order valence-corrected chi connectivity index (χ1v) is 12.2. The first kappa shape index (κ1) is 27.3. The number of halogens is 4. The maximum absolute atomic E-state index is 13.7. The highest BCUT2D eigenvalue weighted by molar-refractivity contribution is 7.90. The Hall–Kier alpha value is -3.29. The quantitative estimate of drug-likeness (QED) is 0.451. The fourth-order valence-electron chi connectivity index (χ4n) is 3.08. The van der Waals surface area contributed by atoms with Gasteiger partial charge in [-0.15, -0.1) is 0 Å². The largest absolute Gasteiger partial charge is 0.484 e. The fourth-order valence-corrected chi connectivity index (χ4v) is 3.71. The van der Waals surface area contributed by atoms with E-state index in [4.69, 9.17) is 4.74 Å². The normalized spacial score (nSPS) is 13.5. The van der Waals surface area contributed by atoms with Gasteiger partial charge in [0, 0.05) is 11.8 Å². The Balaban J connectivity index is 2.17. The lowest BCUT2D eigenvalue weighted by Crippen LogP contribution is -2.40. The maximum atomic E-state index is 13.7. The maximum Gasteiger partial charge on any atom is 0.419 e. The second kappa shape index (κ2) is 9.64. The first-order chi connectivity index (χ1) is 16.5. The van der Waals surface area contributed by atoms with E-state index in [0.717, 1.165) is 18.5 Å². The first-order valence-electron chi connectivity index (χ1n) is 10.3. The number of benzene rings is 2. The number of hydrogen-bond donors (Lipinski definition) is 2. The van der Waals surface area contributed by atoms with Crippen LogP contribution < -0.4 is 10.3 Å². The van der Waals surface area contributed by atoms with Crippen molar-refractivity contribution in [2.75, 3.05) is 12.9 Å². The van der Waals surface area contributed by atoms with Crippen LogP contribution >= 0.6 is 0 Å². The van der Waals surface area contributed by atoms with E-state index in [1.165, 1.54) is 38.1 Å². The lowest BCUT2D eigenvalue weighted by Gasteiger charge is -2.24. The molecule has 0 aliphatic carbocycles. The van der Waals surface area contributed by atoms with Crippen molar-refractivity contribution < 1.29 is 40.9 Å². The van der Waals surface area contributed by atoms with Gasteiger partial charge >= 0.3 is 11.7 Å².